The Morgan fingerprint density at radius 3 is 2.58 bits per heavy atom. The molecule has 166 valence electrons. The number of hydrogen-bond donors (Lipinski definition) is 1. The van der Waals surface area contributed by atoms with Crippen LogP contribution in [0.25, 0.3) is 5.57 Å². The monoisotopic (exact) mass is 427 g/mol. The Morgan fingerprint density at radius 2 is 1.97 bits per heavy atom. The number of H-pyrrole nitrogens is 1. The van der Waals surface area contributed by atoms with Crippen LogP contribution >= 0.6 is 0 Å². The van der Waals surface area contributed by atoms with E-state index in [9.17, 15) is 14.0 Å². The number of ether oxygens (including phenoxy) is 1. The van der Waals surface area contributed by atoms with Crippen LogP contribution in [0.2, 0.25) is 0 Å². The maximum atomic E-state index is 13.7. The van der Waals surface area contributed by atoms with E-state index in [2.05, 4.69) is 24.0 Å². The van der Waals surface area contributed by atoms with Gasteiger partial charge in [0.1, 0.15) is 17.1 Å². The summed E-state index contributed by atoms with van der Waals surface area (Å²) in [5.41, 5.74) is 2.27. The van der Waals surface area contributed by atoms with Gasteiger partial charge >= 0.3 is 5.97 Å². The van der Waals surface area contributed by atoms with E-state index >= 15 is 0 Å². The minimum atomic E-state index is -0.548. The third-order valence-corrected chi connectivity index (χ3v) is 5.13. The second kappa shape index (κ2) is 8.65. The molecule has 0 atom stereocenters. The van der Waals surface area contributed by atoms with Gasteiger partial charge in [0.2, 0.25) is 0 Å². The first-order chi connectivity index (χ1) is 14.5. The van der Waals surface area contributed by atoms with E-state index in [0.717, 1.165) is 17.7 Å². The topological polar surface area (TPSA) is 75.3 Å². The predicted molar refractivity (Wildman–Crippen MR) is 117 cm³/mol. The van der Waals surface area contributed by atoms with Gasteiger partial charge in [-0.25, -0.2) is 9.18 Å². The predicted octanol–water partition coefficient (Wildman–Crippen LogP) is 4.47. The molecule has 3 rings (SSSR count). The van der Waals surface area contributed by atoms with Gasteiger partial charge in [0.25, 0.3) is 5.91 Å². The van der Waals surface area contributed by atoms with Gasteiger partial charge in [-0.05, 0) is 44.4 Å². The van der Waals surface area contributed by atoms with E-state index in [1.54, 1.807) is 19.9 Å². The van der Waals surface area contributed by atoms with Gasteiger partial charge in [0.15, 0.2) is 0 Å². The summed E-state index contributed by atoms with van der Waals surface area (Å²) in [6.07, 6.45) is 1.93. The quantitative estimate of drug-likeness (QED) is 0.714. The normalized spacial score (nSPS) is 15.5. The van der Waals surface area contributed by atoms with E-state index in [4.69, 9.17) is 4.74 Å². The highest BCUT2D eigenvalue weighted by Gasteiger charge is 2.38. The molecule has 7 heteroatoms. The summed E-state index contributed by atoms with van der Waals surface area (Å²) >= 11 is 0. The molecule has 1 aromatic carbocycles. The molecule has 0 unspecified atom stereocenters. The van der Waals surface area contributed by atoms with E-state index in [0.29, 0.717) is 18.2 Å². The molecule has 2 heterocycles. The van der Waals surface area contributed by atoms with Crippen LogP contribution in [0.15, 0.2) is 30.5 Å². The van der Waals surface area contributed by atoms with Crippen molar-refractivity contribution in [1.29, 1.82) is 0 Å². The van der Waals surface area contributed by atoms with Crippen molar-refractivity contribution in [2.75, 3.05) is 6.54 Å². The summed E-state index contributed by atoms with van der Waals surface area (Å²) in [5, 5.41) is 7.56. The Morgan fingerprint density at radius 1 is 1.26 bits per heavy atom. The molecular weight excluding hydrogens is 397 g/mol. The number of carbonyl (C=O) groups is 2. The molecule has 1 aromatic heterocycles. The fourth-order valence-electron chi connectivity index (χ4n) is 3.97. The molecular formula is C24H30FN3O3. The van der Waals surface area contributed by atoms with E-state index in [1.165, 1.54) is 29.3 Å². The molecule has 0 aliphatic carbocycles. The molecule has 31 heavy (non-hydrogen) atoms. The molecule has 0 radical (unpaired) electrons. The van der Waals surface area contributed by atoms with Gasteiger partial charge in [-0.3, -0.25) is 9.89 Å². The fraction of sp³-hybridized carbons (Fsp3) is 0.458. The highest BCUT2D eigenvalue weighted by Crippen LogP contribution is 2.38. The van der Waals surface area contributed by atoms with Crippen molar-refractivity contribution in [3.05, 3.63) is 58.8 Å². The van der Waals surface area contributed by atoms with Crippen LogP contribution in [-0.4, -0.2) is 39.6 Å². The van der Waals surface area contributed by atoms with Crippen LogP contribution in [0.5, 0.6) is 0 Å². The highest BCUT2D eigenvalue weighted by molar-refractivity contribution is 6.17. The Hall–Kier alpha value is -2.96. The summed E-state index contributed by atoms with van der Waals surface area (Å²) in [6, 6.07) is 5.55. The SMILES string of the molecule is CC(C)Cc1[nH]nc2c1C(C)(C)CN(C(=O)c1cccc(F)c1)C=C2C(=O)OC(C)C. The second-order valence-electron chi connectivity index (χ2n) is 9.35. The first-order valence-electron chi connectivity index (χ1n) is 10.6. The maximum Gasteiger partial charge on any atom is 0.342 e. The molecule has 1 aliphatic rings. The zero-order chi connectivity index (χ0) is 22.9. The van der Waals surface area contributed by atoms with E-state index < -0.39 is 17.2 Å². The number of nitrogens with zero attached hydrogens (tertiary/aromatic N) is 2. The van der Waals surface area contributed by atoms with Crippen molar-refractivity contribution < 1.29 is 18.7 Å². The number of benzene rings is 1. The molecule has 6 nitrogen and oxygen atoms in total. The summed E-state index contributed by atoms with van der Waals surface area (Å²) in [6.45, 7) is 12.1. The third kappa shape index (κ3) is 4.86. The fourth-order valence-corrected chi connectivity index (χ4v) is 3.97. The molecule has 1 N–H and O–H groups in total. The van der Waals surface area contributed by atoms with Gasteiger partial charge in [0.05, 0.1) is 6.10 Å². The minimum Gasteiger partial charge on any atom is -0.459 e. The average Bonchev–Trinajstić information content (AvgIpc) is 3.01. The number of fused-ring (bicyclic) bond motifs is 1. The molecule has 1 amide bonds. The van der Waals surface area contributed by atoms with Crippen molar-refractivity contribution in [3.8, 4) is 0 Å². The molecule has 0 fully saturated rings. The number of halogens is 1. The van der Waals surface area contributed by atoms with Crippen molar-refractivity contribution in [2.45, 2.75) is 59.5 Å². The number of nitrogens with one attached hydrogen (secondary N) is 1. The van der Waals surface area contributed by atoms with Crippen molar-refractivity contribution >= 4 is 17.4 Å². The summed E-state index contributed by atoms with van der Waals surface area (Å²) in [7, 11) is 0. The number of aromatic amines is 1. The smallest absolute Gasteiger partial charge is 0.342 e. The number of amides is 1. The average molecular weight is 428 g/mol. The lowest BCUT2D eigenvalue weighted by Gasteiger charge is -2.30. The van der Waals surface area contributed by atoms with Crippen LogP contribution in [0.1, 0.15) is 68.9 Å². The van der Waals surface area contributed by atoms with Gasteiger partial charge in [-0.15, -0.1) is 0 Å². The number of esters is 1. The Balaban J connectivity index is 2.13. The lowest BCUT2D eigenvalue weighted by Crippen LogP contribution is -2.37. The molecule has 0 saturated heterocycles. The largest absolute Gasteiger partial charge is 0.459 e. The molecule has 0 spiro atoms. The number of carbonyl (C=O) groups excluding carboxylic acids is 2. The molecule has 0 saturated carbocycles. The van der Waals surface area contributed by atoms with Gasteiger partial charge in [-0.2, -0.15) is 5.10 Å². The molecule has 0 bridgehead atoms. The van der Waals surface area contributed by atoms with Crippen molar-refractivity contribution in [2.24, 2.45) is 5.92 Å². The Kier molecular flexibility index (Phi) is 6.34. The number of aromatic nitrogens is 2. The molecule has 1 aliphatic heterocycles. The summed E-state index contributed by atoms with van der Waals surface area (Å²) in [5.74, 6) is -1.05. The van der Waals surface area contributed by atoms with Crippen molar-refractivity contribution in [1.82, 2.24) is 15.1 Å². The van der Waals surface area contributed by atoms with Gasteiger partial charge in [0, 0.05) is 35.0 Å². The first kappa shape index (κ1) is 22.7. The second-order valence-corrected chi connectivity index (χ2v) is 9.35. The van der Waals surface area contributed by atoms with E-state index in [1.807, 2.05) is 13.8 Å². The van der Waals surface area contributed by atoms with Gasteiger partial charge in [-0.1, -0.05) is 33.8 Å². The van der Waals surface area contributed by atoms with Crippen LogP contribution in [-0.2, 0) is 21.4 Å². The van der Waals surface area contributed by atoms with Crippen LogP contribution in [0.4, 0.5) is 4.39 Å². The molecule has 2 aromatic rings. The summed E-state index contributed by atoms with van der Waals surface area (Å²) in [4.78, 5) is 27.7. The standard InChI is InChI=1S/C24H30FN3O3/c1-14(2)10-19-20-21(27-26-19)18(23(30)31-15(3)4)12-28(13-24(20,5)6)22(29)16-8-7-9-17(25)11-16/h7-9,11-12,14-15H,10,13H2,1-6H3,(H,26,27). The number of rotatable bonds is 5. The summed E-state index contributed by atoms with van der Waals surface area (Å²) < 4.78 is 19.2. The lowest BCUT2D eigenvalue weighted by molar-refractivity contribution is -0.140. The zero-order valence-electron chi connectivity index (χ0n) is 19.0. The first-order valence-corrected chi connectivity index (χ1v) is 10.6. The Bertz CT molecular complexity index is 1020. The zero-order valence-corrected chi connectivity index (χ0v) is 19.0. The lowest BCUT2D eigenvalue weighted by atomic mass is 9.80. The van der Waals surface area contributed by atoms with Crippen LogP contribution < -0.4 is 0 Å². The van der Waals surface area contributed by atoms with E-state index in [-0.39, 0.29) is 23.1 Å². The van der Waals surface area contributed by atoms with Gasteiger partial charge < -0.3 is 9.64 Å². The highest BCUT2D eigenvalue weighted by atomic mass is 19.1. The number of hydrogen-bond acceptors (Lipinski definition) is 4. The van der Waals surface area contributed by atoms with Crippen LogP contribution in [0.3, 0.4) is 0 Å². The maximum absolute atomic E-state index is 13.7. The Labute approximate surface area is 182 Å². The van der Waals surface area contributed by atoms with Crippen LogP contribution in [0, 0.1) is 11.7 Å². The third-order valence-electron chi connectivity index (χ3n) is 5.13. The minimum absolute atomic E-state index is 0.213. The van der Waals surface area contributed by atoms with Crippen molar-refractivity contribution in [3.63, 3.8) is 0 Å².